The van der Waals surface area contributed by atoms with Crippen LogP contribution in [0.15, 0.2) is 18.2 Å². The first-order valence-corrected chi connectivity index (χ1v) is 3.85. The van der Waals surface area contributed by atoms with Crippen molar-refractivity contribution in [3.63, 3.8) is 0 Å². The Labute approximate surface area is 74.6 Å². The third-order valence-electron chi connectivity index (χ3n) is 1.64. The van der Waals surface area contributed by atoms with E-state index < -0.39 is 11.6 Å². The van der Waals surface area contributed by atoms with Crippen molar-refractivity contribution in [2.24, 2.45) is 0 Å². The van der Waals surface area contributed by atoms with E-state index in [1.807, 2.05) is 0 Å². The summed E-state index contributed by atoms with van der Waals surface area (Å²) in [6, 6.07) is 3.40. The lowest BCUT2D eigenvalue weighted by Gasteiger charge is -2.01. The normalized spacial score (nSPS) is 9.69. The summed E-state index contributed by atoms with van der Waals surface area (Å²) in [5.74, 6) is -1.17. The highest BCUT2D eigenvalue weighted by molar-refractivity contribution is 5.45. The molecule has 0 saturated heterocycles. The van der Waals surface area contributed by atoms with Gasteiger partial charge in [-0.3, -0.25) is 4.79 Å². The second-order valence-corrected chi connectivity index (χ2v) is 2.56. The average Bonchev–Trinajstić information content (AvgIpc) is 2.09. The Kier molecular flexibility index (Phi) is 3.37. The van der Waals surface area contributed by atoms with Gasteiger partial charge in [-0.2, -0.15) is 0 Å². The van der Waals surface area contributed by atoms with Crippen molar-refractivity contribution in [1.82, 2.24) is 5.32 Å². The van der Waals surface area contributed by atoms with Crippen molar-refractivity contribution >= 4 is 6.41 Å². The maximum atomic E-state index is 12.9. The molecule has 0 aromatic heterocycles. The van der Waals surface area contributed by atoms with Gasteiger partial charge in [-0.05, 0) is 18.1 Å². The third kappa shape index (κ3) is 2.82. The lowest BCUT2D eigenvalue weighted by atomic mass is 10.1. The quantitative estimate of drug-likeness (QED) is 0.555. The van der Waals surface area contributed by atoms with Crippen molar-refractivity contribution in [1.29, 1.82) is 0 Å². The molecule has 0 radical (unpaired) electrons. The van der Waals surface area contributed by atoms with E-state index >= 15 is 0 Å². The van der Waals surface area contributed by atoms with Gasteiger partial charge in [-0.25, -0.2) is 8.78 Å². The maximum Gasteiger partial charge on any atom is 0.207 e. The molecule has 0 aliphatic carbocycles. The van der Waals surface area contributed by atoms with Gasteiger partial charge in [-0.15, -0.1) is 0 Å². The Hall–Kier alpha value is -1.45. The van der Waals surface area contributed by atoms with Gasteiger partial charge >= 0.3 is 0 Å². The van der Waals surface area contributed by atoms with Crippen molar-refractivity contribution in [2.75, 3.05) is 6.54 Å². The minimum Gasteiger partial charge on any atom is -0.358 e. The van der Waals surface area contributed by atoms with Crippen LogP contribution in [0.25, 0.3) is 0 Å². The molecule has 0 saturated carbocycles. The van der Waals surface area contributed by atoms with Crippen LogP contribution in [0.5, 0.6) is 0 Å². The van der Waals surface area contributed by atoms with Gasteiger partial charge in [0.1, 0.15) is 11.6 Å². The molecule has 1 N–H and O–H groups in total. The van der Waals surface area contributed by atoms with Gasteiger partial charge in [-0.1, -0.05) is 6.07 Å². The highest BCUT2D eigenvalue weighted by atomic mass is 19.1. The minimum absolute atomic E-state index is 0.353. The van der Waals surface area contributed by atoms with E-state index in [4.69, 9.17) is 0 Å². The summed E-state index contributed by atoms with van der Waals surface area (Å²) in [6.07, 6.45) is 0.909. The lowest BCUT2D eigenvalue weighted by molar-refractivity contribution is -0.109. The Morgan fingerprint density at radius 2 is 2.15 bits per heavy atom. The maximum absolute atomic E-state index is 12.9. The predicted octanol–water partition coefficient (Wildman–Crippen LogP) is 1.25. The van der Waals surface area contributed by atoms with Crippen molar-refractivity contribution < 1.29 is 13.6 Å². The molecule has 0 heterocycles. The molecule has 1 rings (SSSR count). The van der Waals surface area contributed by atoms with E-state index in [0.717, 1.165) is 6.07 Å². The standard InChI is InChI=1S/C9H9F2NO/c10-8-2-1-7(9(11)5-8)3-4-12-6-13/h1-2,5-6H,3-4H2,(H,12,13). The number of hydrogen-bond acceptors (Lipinski definition) is 1. The fraction of sp³-hybridized carbons (Fsp3) is 0.222. The van der Waals surface area contributed by atoms with Gasteiger partial charge in [0.25, 0.3) is 0 Å². The van der Waals surface area contributed by atoms with E-state index in [1.165, 1.54) is 12.1 Å². The molecule has 0 atom stereocenters. The molecule has 0 unspecified atom stereocenters. The topological polar surface area (TPSA) is 29.1 Å². The largest absolute Gasteiger partial charge is 0.358 e. The molecule has 2 nitrogen and oxygen atoms in total. The first-order chi connectivity index (χ1) is 6.24. The summed E-state index contributed by atoms with van der Waals surface area (Å²) in [6.45, 7) is 0.353. The van der Waals surface area contributed by atoms with Crippen LogP contribution in [-0.4, -0.2) is 13.0 Å². The van der Waals surface area contributed by atoms with E-state index in [0.29, 0.717) is 24.9 Å². The van der Waals surface area contributed by atoms with Crippen molar-refractivity contribution in [3.8, 4) is 0 Å². The predicted molar refractivity (Wildman–Crippen MR) is 44.1 cm³/mol. The number of carbonyl (C=O) groups is 1. The Bertz CT molecular complexity index is 302. The molecule has 1 aromatic rings. The lowest BCUT2D eigenvalue weighted by Crippen LogP contribution is -2.14. The smallest absolute Gasteiger partial charge is 0.207 e. The van der Waals surface area contributed by atoms with Gasteiger partial charge in [0.15, 0.2) is 0 Å². The van der Waals surface area contributed by atoms with Crippen LogP contribution in [0.2, 0.25) is 0 Å². The summed E-state index contributed by atoms with van der Waals surface area (Å²) < 4.78 is 25.3. The molecule has 70 valence electrons. The van der Waals surface area contributed by atoms with Crippen molar-refractivity contribution in [2.45, 2.75) is 6.42 Å². The molecule has 0 bridgehead atoms. The van der Waals surface area contributed by atoms with Crippen LogP contribution >= 0.6 is 0 Å². The second kappa shape index (κ2) is 4.54. The Morgan fingerprint density at radius 1 is 1.38 bits per heavy atom. The van der Waals surface area contributed by atoms with Crippen molar-refractivity contribution in [3.05, 3.63) is 35.4 Å². The zero-order valence-corrected chi connectivity index (χ0v) is 6.89. The summed E-state index contributed by atoms with van der Waals surface area (Å²) in [4.78, 5) is 9.87. The van der Waals surface area contributed by atoms with Crippen LogP contribution in [0.3, 0.4) is 0 Å². The number of nitrogens with one attached hydrogen (secondary N) is 1. The molecular weight excluding hydrogens is 176 g/mol. The number of hydrogen-bond donors (Lipinski definition) is 1. The highest BCUT2D eigenvalue weighted by Gasteiger charge is 2.02. The first-order valence-electron chi connectivity index (χ1n) is 3.85. The zero-order valence-electron chi connectivity index (χ0n) is 6.89. The monoisotopic (exact) mass is 185 g/mol. The van der Waals surface area contributed by atoms with Crippen LogP contribution in [-0.2, 0) is 11.2 Å². The van der Waals surface area contributed by atoms with Gasteiger partial charge in [0.05, 0.1) is 0 Å². The molecule has 0 aliphatic heterocycles. The Morgan fingerprint density at radius 3 is 2.77 bits per heavy atom. The summed E-state index contributed by atoms with van der Waals surface area (Å²) in [5.41, 5.74) is 0.399. The van der Waals surface area contributed by atoms with Gasteiger partial charge in [0.2, 0.25) is 6.41 Å². The van der Waals surface area contributed by atoms with Crippen LogP contribution in [0.1, 0.15) is 5.56 Å². The Balaban J connectivity index is 2.61. The fourth-order valence-electron chi connectivity index (χ4n) is 0.990. The van der Waals surface area contributed by atoms with E-state index in [1.54, 1.807) is 0 Å². The SMILES string of the molecule is O=CNCCc1ccc(F)cc1F. The van der Waals surface area contributed by atoms with Gasteiger partial charge < -0.3 is 5.32 Å². The number of rotatable bonds is 4. The first kappa shape index (κ1) is 9.64. The molecule has 0 fully saturated rings. The number of halogens is 2. The molecular formula is C9H9F2NO. The summed E-state index contributed by atoms with van der Waals surface area (Å²) >= 11 is 0. The number of benzene rings is 1. The van der Waals surface area contributed by atoms with Gasteiger partial charge in [0, 0.05) is 12.6 Å². The molecule has 0 spiro atoms. The van der Waals surface area contributed by atoms with Crippen LogP contribution in [0, 0.1) is 11.6 Å². The molecule has 1 aromatic carbocycles. The third-order valence-corrected chi connectivity index (χ3v) is 1.64. The molecule has 13 heavy (non-hydrogen) atoms. The summed E-state index contributed by atoms with van der Waals surface area (Å²) in [5, 5.41) is 2.40. The fourth-order valence-corrected chi connectivity index (χ4v) is 0.990. The van der Waals surface area contributed by atoms with E-state index in [9.17, 15) is 13.6 Å². The van der Waals surface area contributed by atoms with E-state index in [-0.39, 0.29) is 0 Å². The number of amides is 1. The molecule has 1 amide bonds. The summed E-state index contributed by atoms with van der Waals surface area (Å²) in [7, 11) is 0. The van der Waals surface area contributed by atoms with Crippen LogP contribution in [0.4, 0.5) is 8.78 Å². The highest BCUT2D eigenvalue weighted by Crippen LogP contribution is 2.09. The zero-order chi connectivity index (χ0) is 9.68. The minimum atomic E-state index is -0.593. The average molecular weight is 185 g/mol. The van der Waals surface area contributed by atoms with Crippen LogP contribution < -0.4 is 5.32 Å². The molecule has 0 aliphatic rings. The number of carbonyl (C=O) groups excluding carboxylic acids is 1. The second-order valence-electron chi connectivity index (χ2n) is 2.56. The van der Waals surface area contributed by atoms with E-state index in [2.05, 4.69) is 5.32 Å². The molecule has 4 heteroatoms.